The molecule has 1 unspecified atom stereocenters. The van der Waals surface area contributed by atoms with Crippen LogP contribution in [0.15, 0.2) is 54.6 Å². The lowest BCUT2D eigenvalue weighted by Gasteiger charge is -2.42. The highest BCUT2D eigenvalue weighted by molar-refractivity contribution is 6.67. The molecule has 3 rings (SSSR count). The lowest BCUT2D eigenvalue weighted by Crippen LogP contribution is -2.59. The molecule has 11 nitrogen and oxygen atoms in total. The standard InChI is InChI=1S/C33H50N4O7Si/c1-6-45(7-2,44-26(3)4)43-25-29-22-37(32(39)17-18-34-33(40)42-24-28-11-9-8-10-12-28)20-19-36(29)23-31(38)35-21-27-13-15-30(41-5)16-14-27/h8-16,26,29H,6-7,17-25H2,1-5H3,(H,34,40)(H,35,38). The Kier molecular flexibility index (Phi) is 14.8. The average Bonchev–Trinajstić information content (AvgIpc) is 3.05. The van der Waals surface area contributed by atoms with Gasteiger partial charge in [0.25, 0.3) is 0 Å². The number of methoxy groups -OCH3 is 1. The van der Waals surface area contributed by atoms with Gasteiger partial charge in [-0.3, -0.25) is 14.5 Å². The van der Waals surface area contributed by atoms with Crippen molar-refractivity contribution in [2.45, 2.75) is 71.5 Å². The number of hydrogen-bond acceptors (Lipinski definition) is 8. The van der Waals surface area contributed by atoms with Crippen LogP contribution >= 0.6 is 0 Å². The molecule has 1 fully saturated rings. The van der Waals surface area contributed by atoms with E-state index >= 15 is 0 Å². The third-order valence-corrected chi connectivity index (χ3v) is 11.6. The lowest BCUT2D eigenvalue weighted by atomic mass is 10.1. The SMILES string of the molecule is CC[Si](CC)(OCC1CN(C(=O)CCNC(=O)OCc2ccccc2)CCN1CC(=O)NCc1ccc(OC)cc1)OC(C)C. The number of rotatable bonds is 17. The summed E-state index contributed by atoms with van der Waals surface area (Å²) in [5, 5.41) is 5.67. The molecule has 0 spiro atoms. The van der Waals surface area contributed by atoms with Crippen molar-refractivity contribution in [2.75, 3.05) is 46.4 Å². The highest BCUT2D eigenvalue weighted by Crippen LogP contribution is 2.23. The number of carbonyl (C=O) groups excluding carboxylic acids is 3. The predicted octanol–water partition coefficient (Wildman–Crippen LogP) is 4.06. The molecule has 248 valence electrons. The maximum absolute atomic E-state index is 13.2. The van der Waals surface area contributed by atoms with E-state index < -0.39 is 14.7 Å². The summed E-state index contributed by atoms with van der Waals surface area (Å²) in [6.45, 7) is 10.9. The zero-order valence-electron chi connectivity index (χ0n) is 27.4. The number of hydrogen-bond donors (Lipinski definition) is 2. The van der Waals surface area contributed by atoms with E-state index in [2.05, 4.69) is 29.4 Å². The molecule has 0 aliphatic carbocycles. The topological polar surface area (TPSA) is 119 Å². The van der Waals surface area contributed by atoms with E-state index in [-0.39, 0.29) is 50.1 Å². The molecule has 45 heavy (non-hydrogen) atoms. The van der Waals surface area contributed by atoms with Crippen LogP contribution in [0.3, 0.4) is 0 Å². The van der Waals surface area contributed by atoms with E-state index in [1.165, 1.54) is 0 Å². The van der Waals surface area contributed by atoms with E-state index in [1.807, 2.05) is 68.4 Å². The Morgan fingerprint density at radius 3 is 2.31 bits per heavy atom. The van der Waals surface area contributed by atoms with Crippen LogP contribution in [0.5, 0.6) is 5.75 Å². The van der Waals surface area contributed by atoms with Gasteiger partial charge >= 0.3 is 14.7 Å². The molecule has 0 aromatic heterocycles. The molecule has 2 N–H and O–H groups in total. The minimum absolute atomic E-state index is 0.0488. The zero-order chi connectivity index (χ0) is 32.7. The summed E-state index contributed by atoms with van der Waals surface area (Å²) in [4.78, 5) is 42.2. The lowest BCUT2D eigenvalue weighted by molar-refractivity contribution is -0.135. The summed E-state index contributed by atoms with van der Waals surface area (Å²) >= 11 is 0. The second-order valence-electron chi connectivity index (χ2n) is 11.4. The van der Waals surface area contributed by atoms with Crippen LogP contribution in [0.2, 0.25) is 12.1 Å². The number of amides is 3. The minimum atomic E-state index is -2.44. The largest absolute Gasteiger partial charge is 0.497 e. The fraction of sp³-hybridized carbons (Fsp3) is 0.545. The third-order valence-electron chi connectivity index (χ3n) is 7.84. The van der Waals surface area contributed by atoms with Crippen LogP contribution in [0, 0.1) is 0 Å². The summed E-state index contributed by atoms with van der Waals surface area (Å²) in [5.74, 6) is 0.598. The molecule has 1 atom stereocenters. The summed E-state index contributed by atoms with van der Waals surface area (Å²) in [5.41, 5.74) is 1.87. The predicted molar refractivity (Wildman–Crippen MR) is 175 cm³/mol. The summed E-state index contributed by atoms with van der Waals surface area (Å²) < 4.78 is 23.3. The number of alkyl carbamates (subject to hydrolysis) is 1. The van der Waals surface area contributed by atoms with Crippen molar-refractivity contribution in [1.29, 1.82) is 0 Å². The van der Waals surface area contributed by atoms with Gasteiger partial charge in [0.1, 0.15) is 12.4 Å². The molecule has 0 bridgehead atoms. The van der Waals surface area contributed by atoms with E-state index in [0.717, 1.165) is 29.0 Å². The number of ether oxygens (including phenoxy) is 2. The highest BCUT2D eigenvalue weighted by atomic mass is 28.4. The fourth-order valence-corrected chi connectivity index (χ4v) is 7.87. The number of benzene rings is 2. The molecular weight excluding hydrogens is 592 g/mol. The first-order chi connectivity index (χ1) is 21.7. The van der Waals surface area contributed by atoms with Gasteiger partial charge in [-0.25, -0.2) is 4.79 Å². The van der Waals surface area contributed by atoms with Crippen LogP contribution in [0.25, 0.3) is 0 Å². The molecule has 3 amide bonds. The molecule has 0 radical (unpaired) electrons. The molecular formula is C33H50N4O7Si. The summed E-state index contributed by atoms with van der Waals surface area (Å²) in [6.07, 6.45) is -0.364. The monoisotopic (exact) mass is 642 g/mol. The first-order valence-corrected chi connectivity index (χ1v) is 18.1. The summed E-state index contributed by atoms with van der Waals surface area (Å²) in [7, 11) is -0.826. The Balaban J connectivity index is 1.56. The van der Waals surface area contributed by atoms with E-state index in [4.69, 9.17) is 18.3 Å². The van der Waals surface area contributed by atoms with Gasteiger partial charge in [-0.2, -0.15) is 0 Å². The van der Waals surface area contributed by atoms with Crippen molar-refractivity contribution < 1.29 is 32.7 Å². The van der Waals surface area contributed by atoms with Gasteiger partial charge in [-0.1, -0.05) is 56.3 Å². The summed E-state index contributed by atoms with van der Waals surface area (Å²) in [6, 6.07) is 18.4. The maximum Gasteiger partial charge on any atom is 0.407 e. The quantitative estimate of drug-likeness (QED) is 0.248. The van der Waals surface area contributed by atoms with Crippen molar-refractivity contribution in [2.24, 2.45) is 0 Å². The van der Waals surface area contributed by atoms with Gasteiger partial charge in [0, 0.05) is 45.2 Å². The van der Waals surface area contributed by atoms with Gasteiger partial charge in [0.05, 0.1) is 26.3 Å². The molecule has 12 heteroatoms. The molecule has 2 aromatic carbocycles. The Bertz CT molecular complexity index is 1200. The first-order valence-electron chi connectivity index (χ1n) is 15.8. The number of nitrogens with one attached hydrogen (secondary N) is 2. The fourth-order valence-electron chi connectivity index (χ4n) is 5.21. The third kappa shape index (κ3) is 12.1. The van der Waals surface area contributed by atoms with Gasteiger partial charge < -0.3 is 33.9 Å². The highest BCUT2D eigenvalue weighted by Gasteiger charge is 2.38. The van der Waals surface area contributed by atoms with E-state index in [0.29, 0.717) is 32.8 Å². The van der Waals surface area contributed by atoms with Crippen molar-refractivity contribution in [3.05, 3.63) is 65.7 Å². The van der Waals surface area contributed by atoms with E-state index in [9.17, 15) is 14.4 Å². The molecule has 0 saturated carbocycles. The Morgan fingerprint density at radius 1 is 0.956 bits per heavy atom. The second kappa shape index (κ2) is 18.5. The van der Waals surface area contributed by atoms with E-state index in [1.54, 1.807) is 12.0 Å². The first kappa shape index (κ1) is 36.0. The van der Waals surface area contributed by atoms with Crippen molar-refractivity contribution >= 4 is 26.5 Å². The molecule has 1 aliphatic heterocycles. The zero-order valence-corrected chi connectivity index (χ0v) is 28.4. The molecule has 1 aliphatic rings. The van der Waals surface area contributed by atoms with Crippen LogP contribution < -0.4 is 15.4 Å². The van der Waals surface area contributed by atoms with Gasteiger partial charge in [-0.05, 0) is 49.2 Å². The van der Waals surface area contributed by atoms with Crippen molar-refractivity contribution in [3.8, 4) is 5.75 Å². The number of carbonyl (C=O) groups is 3. The van der Waals surface area contributed by atoms with Crippen LogP contribution in [0.1, 0.15) is 45.2 Å². The Labute approximate surface area is 268 Å². The van der Waals surface area contributed by atoms with Crippen LogP contribution in [-0.2, 0) is 36.3 Å². The maximum atomic E-state index is 13.2. The average molecular weight is 643 g/mol. The van der Waals surface area contributed by atoms with Crippen LogP contribution in [-0.4, -0.2) is 94.9 Å². The van der Waals surface area contributed by atoms with Gasteiger partial charge in [-0.15, -0.1) is 0 Å². The smallest absolute Gasteiger partial charge is 0.407 e. The van der Waals surface area contributed by atoms with Crippen molar-refractivity contribution in [3.63, 3.8) is 0 Å². The second-order valence-corrected chi connectivity index (χ2v) is 15.2. The van der Waals surface area contributed by atoms with Crippen LogP contribution in [0.4, 0.5) is 4.79 Å². The van der Waals surface area contributed by atoms with Crippen molar-refractivity contribution in [1.82, 2.24) is 20.4 Å². The molecule has 1 saturated heterocycles. The number of nitrogens with zero attached hydrogens (tertiary/aromatic N) is 2. The molecule has 2 aromatic rings. The molecule has 1 heterocycles. The normalized spacial score (nSPS) is 15.5. The number of piperazine rings is 1. The Morgan fingerprint density at radius 2 is 1.67 bits per heavy atom. The minimum Gasteiger partial charge on any atom is -0.497 e. The van der Waals surface area contributed by atoms with Gasteiger partial charge in [0.2, 0.25) is 11.8 Å². The Hall–Kier alpha value is -3.45. The van der Waals surface area contributed by atoms with Gasteiger partial charge in [0.15, 0.2) is 0 Å².